The van der Waals surface area contributed by atoms with E-state index in [1.54, 1.807) is 6.92 Å². The molecule has 1 aliphatic rings. The average Bonchev–Trinajstić information content (AvgIpc) is 3.08. The van der Waals surface area contributed by atoms with E-state index in [4.69, 9.17) is 9.84 Å². The molecule has 0 spiro atoms. The second kappa shape index (κ2) is 8.55. The van der Waals surface area contributed by atoms with E-state index >= 15 is 0 Å². The lowest BCUT2D eigenvalue weighted by atomic mass is 9.75. The number of rotatable bonds is 5. The molecular weight excluding hydrogens is 352 g/mol. The highest BCUT2D eigenvalue weighted by molar-refractivity contribution is 5.96. The average molecular weight is 380 g/mol. The van der Waals surface area contributed by atoms with Crippen molar-refractivity contribution in [3.8, 4) is 11.3 Å². The molecule has 1 aromatic heterocycles. The molecule has 0 aliphatic heterocycles. The number of nitrogens with zero attached hydrogens (tertiary/aromatic N) is 2. The fraction of sp³-hybridized carbons (Fsp3) is 0.435. The van der Waals surface area contributed by atoms with Gasteiger partial charge in [-0.2, -0.15) is 5.10 Å². The molecule has 0 radical (unpaired) electrons. The summed E-state index contributed by atoms with van der Waals surface area (Å²) in [6.45, 7) is 8.58. The predicted octanol–water partition coefficient (Wildman–Crippen LogP) is 4.95. The third-order valence-electron chi connectivity index (χ3n) is 5.42. The number of hydrogen-bond acceptors (Lipinski definition) is 4. The molecule has 0 fully saturated rings. The lowest BCUT2D eigenvalue weighted by Crippen LogP contribution is -2.23. The number of allylic oxidation sites excluding steroid dienone is 1. The van der Waals surface area contributed by atoms with Crippen molar-refractivity contribution >= 4 is 11.9 Å². The van der Waals surface area contributed by atoms with Crippen molar-refractivity contribution in [2.45, 2.75) is 52.4 Å². The zero-order valence-electron chi connectivity index (χ0n) is 17.0. The summed E-state index contributed by atoms with van der Waals surface area (Å²) >= 11 is 0. The lowest BCUT2D eigenvalue weighted by molar-refractivity contribution is -0.137. The van der Waals surface area contributed by atoms with Gasteiger partial charge in [-0.05, 0) is 31.6 Å². The van der Waals surface area contributed by atoms with Crippen molar-refractivity contribution in [2.75, 3.05) is 6.61 Å². The van der Waals surface area contributed by atoms with Gasteiger partial charge in [0.1, 0.15) is 0 Å². The van der Waals surface area contributed by atoms with Crippen LogP contribution >= 0.6 is 0 Å². The van der Waals surface area contributed by atoms with Gasteiger partial charge in [0.25, 0.3) is 5.91 Å². The summed E-state index contributed by atoms with van der Waals surface area (Å²) in [7, 11) is 0. The quantitative estimate of drug-likeness (QED) is 0.544. The molecule has 28 heavy (non-hydrogen) atoms. The molecule has 0 saturated heterocycles. The van der Waals surface area contributed by atoms with Crippen molar-refractivity contribution < 1.29 is 14.3 Å². The van der Waals surface area contributed by atoms with Crippen LogP contribution in [-0.4, -0.2) is 28.3 Å². The van der Waals surface area contributed by atoms with Gasteiger partial charge >= 0.3 is 5.97 Å². The molecule has 0 saturated carbocycles. The highest BCUT2D eigenvalue weighted by atomic mass is 16.5. The van der Waals surface area contributed by atoms with E-state index in [1.165, 1.54) is 16.8 Å². The number of benzene rings is 1. The minimum Gasteiger partial charge on any atom is -0.463 e. The molecule has 148 valence electrons. The van der Waals surface area contributed by atoms with Crippen LogP contribution in [0.15, 0.2) is 42.5 Å². The molecule has 2 atom stereocenters. The van der Waals surface area contributed by atoms with Crippen molar-refractivity contribution in [2.24, 2.45) is 5.92 Å². The van der Waals surface area contributed by atoms with Crippen LogP contribution in [0.3, 0.4) is 0 Å². The molecule has 5 nitrogen and oxygen atoms in total. The van der Waals surface area contributed by atoms with Crippen LogP contribution < -0.4 is 0 Å². The smallest absolute Gasteiger partial charge is 0.330 e. The van der Waals surface area contributed by atoms with Crippen molar-refractivity contribution in [1.29, 1.82) is 0 Å². The van der Waals surface area contributed by atoms with Crippen LogP contribution in [0.4, 0.5) is 0 Å². The fourth-order valence-electron chi connectivity index (χ4n) is 4.02. The monoisotopic (exact) mass is 380 g/mol. The Bertz CT molecular complexity index is 881. The molecule has 0 bridgehead atoms. The SMILES string of the molecule is CCOC(=O)/C=C/C(=O)n1nc(-c2ccccc2)c2c1[C@@H](C(C)C)CC[C@H]2C. The van der Waals surface area contributed by atoms with Gasteiger partial charge in [-0.1, -0.05) is 51.1 Å². The number of fused-ring (bicyclic) bond motifs is 1. The Morgan fingerprint density at radius 2 is 1.93 bits per heavy atom. The van der Waals surface area contributed by atoms with Gasteiger partial charge in [0.05, 0.1) is 18.0 Å². The van der Waals surface area contributed by atoms with Gasteiger partial charge < -0.3 is 4.74 Å². The van der Waals surface area contributed by atoms with Crippen LogP contribution in [0.2, 0.25) is 0 Å². The molecular formula is C23H28N2O3. The highest BCUT2D eigenvalue weighted by Gasteiger charge is 2.35. The van der Waals surface area contributed by atoms with Crippen LogP contribution in [0.1, 0.15) is 68.4 Å². The van der Waals surface area contributed by atoms with Gasteiger partial charge in [-0.3, -0.25) is 4.79 Å². The third kappa shape index (κ3) is 3.93. The van der Waals surface area contributed by atoms with E-state index in [0.29, 0.717) is 11.8 Å². The molecule has 2 aromatic rings. The Hall–Kier alpha value is -2.69. The van der Waals surface area contributed by atoms with Crippen LogP contribution in [0, 0.1) is 5.92 Å². The molecule has 0 unspecified atom stereocenters. The first kappa shape index (κ1) is 20.1. The molecule has 3 rings (SSSR count). The Kier molecular flexibility index (Phi) is 6.12. The summed E-state index contributed by atoms with van der Waals surface area (Å²) in [5, 5.41) is 4.73. The summed E-state index contributed by atoms with van der Waals surface area (Å²) < 4.78 is 6.39. The van der Waals surface area contributed by atoms with Crippen molar-refractivity contribution in [1.82, 2.24) is 9.78 Å². The van der Waals surface area contributed by atoms with Gasteiger partial charge in [0, 0.05) is 29.2 Å². The molecule has 1 aliphatic carbocycles. The number of ether oxygens (including phenoxy) is 1. The van der Waals surface area contributed by atoms with Crippen molar-refractivity contribution in [3.05, 3.63) is 53.7 Å². The molecule has 1 heterocycles. The Morgan fingerprint density at radius 1 is 1.21 bits per heavy atom. The summed E-state index contributed by atoms with van der Waals surface area (Å²) in [6.07, 6.45) is 4.55. The first-order chi connectivity index (χ1) is 13.4. The maximum Gasteiger partial charge on any atom is 0.330 e. The summed E-state index contributed by atoms with van der Waals surface area (Å²) in [5.74, 6) is 0.152. The largest absolute Gasteiger partial charge is 0.463 e. The zero-order chi connectivity index (χ0) is 20.3. The van der Waals surface area contributed by atoms with Gasteiger partial charge in [0.15, 0.2) is 0 Å². The fourth-order valence-corrected chi connectivity index (χ4v) is 4.02. The van der Waals surface area contributed by atoms with Crippen LogP contribution in [-0.2, 0) is 9.53 Å². The minimum absolute atomic E-state index is 0.260. The lowest BCUT2D eigenvalue weighted by Gasteiger charge is -2.30. The summed E-state index contributed by atoms with van der Waals surface area (Å²) in [6, 6.07) is 9.99. The maximum absolute atomic E-state index is 13.0. The Balaban J connectivity index is 2.12. The van der Waals surface area contributed by atoms with Crippen molar-refractivity contribution in [3.63, 3.8) is 0 Å². The number of aromatic nitrogens is 2. The first-order valence-electron chi connectivity index (χ1n) is 10.0. The number of hydrogen-bond donors (Lipinski definition) is 0. The van der Waals surface area contributed by atoms with Gasteiger partial charge in [-0.15, -0.1) is 0 Å². The number of carbonyl (C=O) groups excluding carboxylic acids is 2. The van der Waals surface area contributed by atoms with E-state index in [9.17, 15) is 9.59 Å². The first-order valence-corrected chi connectivity index (χ1v) is 10.0. The standard InChI is InChI=1S/C23H28N2O3/c1-5-28-20(27)14-13-19(26)25-23-18(15(2)3)12-11-16(4)21(23)22(24-25)17-9-7-6-8-10-17/h6-10,13-16,18H,5,11-12H2,1-4H3/b14-13+/t16-,18-/m1/s1. The summed E-state index contributed by atoms with van der Waals surface area (Å²) in [5.41, 5.74) is 4.03. The second-order valence-electron chi connectivity index (χ2n) is 7.68. The molecule has 0 amide bonds. The minimum atomic E-state index is -0.520. The molecule has 5 heteroatoms. The zero-order valence-corrected chi connectivity index (χ0v) is 17.0. The normalized spacial score (nSPS) is 19.0. The van der Waals surface area contributed by atoms with E-state index in [2.05, 4.69) is 20.8 Å². The highest BCUT2D eigenvalue weighted by Crippen LogP contribution is 2.46. The molecule has 0 N–H and O–H groups in total. The maximum atomic E-state index is 13.0. The van der Waals surface area contributed by atoms with E-state index < -0.39 is 5.97 Å². The van der Waals surface area contributed by atoms with Gasteiger partial charge in [0.2, 0.25) is 0 Å². The van der Waals surface area contributed by atoms with Crippen LogP contribution in [0.25, 0.3) is 11.3 Å². The predicted molar refractivity (Wildman–Crippen MR) is 109 cm³/mol. The molecule has 1 aromatic carbocycles. The Morgan fingerprint density at radius 3 is 2.57 bits per heavy atom. The number of esters is 1. The van der Waals surface area contributed by atoms with E-state index in [1.807, 2.05) is 30.3 Å². The van der Waals surface area contributed by atoms with E-state index in [-0.39, 0.29) is 18.4 Å². The Labute approximate surface area is 166 Å². The number of carbonyl (C=O) groups is 2. The third-order valence-corrected chi connectivity index (χ3v) is 5.42. The van der Waals surface area contributed by atoms with E-state index in [0.717, 1.165) is 35.4 Å². The topological polar surface area (TPSA) is 61.2 Å². The second-order valence-corrected chi connectivity index (χ2v) is 7.68. The summed E-state index contributed by atoms with van der Waals surface area (Å²) in [4.78, 5) is 24.6. The van der Waals surface area contributed by atoms with Crippen LogP contribution in [0.5, 0.6) is 0 Å². The van der Waals surface area contributed by atoms with Gasteiger partial charge in [-0.25, -0.2) is 9.48 Å².